The van der Waals surface area contributed by atoms with Gasteiger partial charge < -0.3 is 28.8 Å². The first-order valence-corrected chi connectivity index (χ1v) is 12.1. The van der Waals surface area contributed by atoms with Crippen LogP contribution in [0.5, 0.6) is 0 Å². The molecular formula is C18H36O7Si. The highest BCUT2D eigenvalue weighted by Crippen LogP contribution is 2.37. The fraction of sp³-hybridized carbons (Fsp3) is 0.944. The molecule has 0 bridgehead atoms. The first kappa shape index (κ1) is 23.5. The molecule has 0 radical (unpaired) electrons. The number of carbonyl (C=O) groups excluding carboxylic acids is 1. The molecule has 1 fully saturated rings. The molecule has 0 spiro atoms. The van der Waals surface area contributed by atoms with E-state index >= 15 is 0 Å². The van der Waals surface area contributed by atoms with Gasteiger partial charge in [0.2, 0.25) is 0 Å². The Balaban J connectivity index is 2.74. The number of aliphatic hydroxyl groups is 2. The van der Waals surface area contributed by atoms with Crippen molar-refractivity contribution in [1.29, 1.82) is 0 Å². The predicted molar refractivity (Wildman–Crippen MR) is 100 cm³/mol. The number of ether oxygens (including phenoxy) is 3. The van der Waals surface area contributed by atoms with Crippen molar-refractivity contribution >= 4 is 14.3 Å². The van der Waals surface area contributed by atoms with E-state index < -0.39 is 44.5 Å². The lowest BCUT2D eigenvalue weighted by Crippen LogP contribution is -2.48. The lowest BCUT2D eigenvalue weighted by molar-refractivity contribution is -0.177. The first-order valence-electron chi connectivity index (χ1n) is 9.24. The van der Waals surface area contributed by atoms with Crippen LogP contribution < -0.4 is 0 Å². The summed E-state index contributed by atoms with van der Waals surface area (Å²) in [6.45, 7) is 16.5. The molecule has 2 N–H and O–H groups in total. The Morgan fingerprint density at radius 1 is 1.23 bits per heavy atom. The van der Waals surface area contributed by atoms with Crippen molar-refractivity contribution in [3.63, 3.8) is 0 Å². The van der Waals surface area contributed by atoms with Crippen LogP contribution in [0.1, 0.15) is 48.0 Å². The molecule has 26 heavy (non-hydrogen) atoms. The Morgan fingerprint density at radius 2 is 1.81 bits per heavy atom. The third-order valence-electron chi connectivity index (χ3n) is 5.08. The van der Waals surface area contributed by atoms with Gasteiger partial charge in [0.15, 0.2) is 20.2 Å². The van der Waals surface area contributed by atoms with Gasteiger partial charge >= 0.3 is 5.97 Å². The molecule has 0 unspecified atom stereocenters. The van der Waals surface area contributed by atoms with E-state index in [1.807, 2.05) is 0 Å². The van der Waals surface area contributed by atoms with Gasteiger partial charge in [0, 0.05) is 6.61 Å². The molecule has 154 valence electrons. The molecule has 1 aliphatic rings. The minimum absolute atomic E-state index is 0.0956. The zero-order valence-corrected chi connectivity index (χ0v) is 18.4. The van der Waals surface area contributed by atoms with E-state index in [2.05, 4.69) is 33.9 Å². The van der Waals surface area contributed by atoms with Gasteiger partial charge in [-0.1, -0.05) is 20.8 Å². The quantitative estimate of drug-likeness (QED) is 0.483. The number of esters is 1. The molecule has 0 amide bonds. The van der Waals surface area contributed by atoms with E-state index in [0.29, 0.717) is 13.0 Å². The topological polar surface area (TPSA) is 94.5 Å². The summed E-state index contributed by atoms with van der Waals surface area (Å²) in [6.07, 6.45) is -3.95. The third kappa shape index (κ3) is 6.00. The Kier molecular flexibility index (Phi) is 7.84. The van der Waals surface area contributed by atoms with E-state index in [1.165, 1.54) is 0 Å². The predicted octanol–water partition coefficient (Wildman–Crippen LogP) is 2.20. The van der Waals surface area contributed by atoms with Crippen LogP contribution >= 0.6 is 0 Å². The Morgan fingerprint density at radius 3 is 2.31 bits per heavy atom. The fourth-order valence-electron chi connectivity index (χ4n) is 2.57. The van der Waals surface area contributed by atoms with Crippen molar-refractivity contribution in [2.45, 2.75) is 96.3 Å². The van der Waals surface area contributed by atoms with Crippen molar-refractivity contribution < 1.29 is 33.6 Å². The minimum atomic E-state index is -1.89. The molecular weight excluding hydrogens is 356 g/mol. The van der Waals surface area contributed by atoms with E-state index in [-0.39, 0.29) is 11.6 Å². The standard InChI is InChI=1S/C18H36O7Si/c1-9-22-16(21)14(20)13(19)15-12(24-18(5,6)25-15)10-11-23-26(7,8)17(2,3)4/h12-15,19-20H,9-11H2,1-8H3/t12-,13+,14+,15+/m1/s1. The summed E-state index contributed by atoms with van der Waals surface area (Å²) in [6, 6.07) is 0. The van der Waals surface area contributed by atoms with Crippen molar-refractivity contribution in [3.05, 3.63) is 0 Å². The van der Waals surface area contributed by atoms with E-state index in [1.54, 1.807) is 20.8 Å². The van der Waals surface area contributed by atoms with Gasteiger partial charge in [-0.15, -0.1) is 0 Å². The molecule has 1 heterocycles. The van der Waals surface area contributed by atoms with Gasteiger partial charge in [0.1, 0.15) is 12.2 Å². The van der Waals surface area contributed by atoms with Crippen molar-refractivity contribution in [2.75, 3.05) is 13.2 Å². The van der Waals surface area contributed by atoms with Crippen LogP contribution in [0.3, 0.4) is 0 Å². The number of aliphatic hydroxyl groups excluding tert-OH is 2. The Hall–Kier alpha value is -0.513. The monoisotopic (exact) mass is 392 g/mol. The molecule has 8 heteroatoms. The molecule has 1 saturated heterocycles. The molecule has 1 rings (SSSR count). The van der Waals surface area contributed by atoms with Crippen molar-refractivity contribution in [3.8, 4) is 0 Å². The summed E-state index contributed by atoms with van der Waals surface area (Å²) in [4.78, 5) is 11.7. The summed E-state index contributed by atoms with van der Waals surface area (Å²) in [7, 11) is -1.89. The average molecular weight is 393 g/mol. The fourth-order valence-corrected chi connectivity index (χ4v) is 3.63. The van der Waals surface area contributed by atoms with Gasteiger partial charge in [-0.05, 0) is 45.3 Å². The average Bonchev–Trinajstić information content (AvgIpc) is 2.79. The number of hydrogen-bond donors (Lipinski definition) is 2. The highest BCUT2D eigenvalue weighted by atomic mass is 28.4. The maximum atomic E-state index is 11.7. The lowest BCUT2D eigenvalue weighted by Gasteiger charge is -2.36. The number of carbonyl (C=O) groups is 1. The van der Waals surface area contributed by atoms with Crippen LogP contribution in [-0.2, 0) is 23.4 Å². The second-order valence-corrected chi connectivity index (χ2v) is 13.5. The number of hydrogen-bond acceptors (Lipinski definition) is 7. The van der Waals surface area contributed by atoms with E-state index in [0.717, 1.165) is 0 Å². The third-order valence-corrected chi connectivity index (χ3v) is 9.62. The van der Waals surface area contributed by atoms with Gasteiger partial charge in [-0.2, -0.15) is 0 Å². The molecule has 0 aromatic carbocycles. The van der Waals surface area contributed by atoms with Crippen molar-refractivity contribution in [2.24, 2.45) is 0 Å². The number of rotatable bonds is 8. The summed E-state index contributed by atoms with van der Waals surface area (Å²) in [5, 5.41) is 20.6. The highest BCUT2D eigenvalue weighted by Gasteiger charge is 2.48. The van der Waals surface area contributed by atoms with Gasteiger partial charge in [-0.25, -0.2) is 4.79 Å². The van der Waals surface area contributed by atoms with Crippen LogP contribution in [0.15, 0.2) is 0 Å². The van der Waals surface area contributed by atoms with Gasteiger partial charge in [0.05, 0.1) is 12.7 Å². The van der Waals surface area contributed by atoms with Crippen molar-refractivity contribution in [1.82, 2.24) is 0 Å². The maximum absolute atomic E-state index is 11.7. The van der Waals surface area contributed by atoms with Crippen LogP contribution in [0, 0.1) is 0 Å². The molecule has 4 atom stereocenters. The highest BCUT2D eigenvalue weighted by molar-refractivity contribution is 6.74. The van der Waals surface area contributed by atoms with Gasteiger partial charge in [0.25, 0.3) is 0 Å². The molecule has 7 nitrogen and oxygen atoms in total. The van der Waals surface area contributed by atoms with Crippen LogP contribution in [0.4, 0.5) is 0 Å². The summed E-state index contributed by atoms with van der Waals surface area (Å²) < 4.78 is 22.5. The SMILES string of the molecule is CCOC(=O)[C@@H](O)[C@H](O)[C@H]1OC(C)(C)O[C@@H]1CCO[Si](C)(C)C(C)(C)C. The summed E-state index contributed by atoms with van der Waals surface area (Å²) in [5.41, 5.74) is 0. The smallest absolute Gasteiger partial charge is 0.337 e. The summed E-state index contributed by atoms with van der Waals surface area (Å²) >= 11 is 0. The Labute approximate surface area is 158 Å². The first-order chi connectivity index (χ1) is 11.7. The molecule has 1 aliphatic heterocycles. The minimum Gasteiger partial charge on any atom is -0.464 e. The molecule has 0 aromatic heterocycles. The van der Waals surface area contributed by atoms with E-state index in [4.69, 9.17) is 18.6 Å². The molecule has 0 aromatic rings. The summed E-state index contributed by atoms with van der Waals surface area (Å²) in [5.74, 6) is -1.79. The van der Waals surface area contributed by atoms with E-state index in [9.17, 15) is 15.0 Å². The molecule has 0 saturated carbocycles. The second-order valence-electron chi connectivity index (χ2n) is 8.72. The zero-order valence-electron chi connectivity index (χ0n) is 17.4. The zero-order chi connectivity index (χ0) is 20.3. The Bertz CT molecular complexity index is 473. The largest absolute Gasteiger partial charge is 0.464 e. The van der Waals surface area contributed by atoms with Gasteiger partial charge in [-0.3, -0.25) is 0 Å². The second kappa shape index (κ2) is 8.66. The van der Waals surface area contributed by atoms with Crippen LogP contribution in [-0.4, -0.2) is 67.9 Å². The van der Waals surface area contributed by atoms with Crippen LogP contribution in [0.25, 0.3) is 0 Å². The normalized spacial score (nSPS) is 25.8. The van der Waals surface area contributed by atoms with Crippen LogP contribution in [0.2, 0.25) is 18.1 Å². The molecule has 0 aliphatic carbocycles. The maximum Gasteiger partial charge on any atom is 0.337 e. The lowest BCUT2D eigenvalue weighted by atomic mass is 10.0.